The number of hydrogen-bond acceptors (Lipinski definition) is 2. The van der Waals surface area contributed by atoms with Gasteiger partial charge in [-0.3, -0.25) is 9.59 Å². The molecule has 0 spiro atoms. The molecule has 0 saturated heterocycles. The van der Waals surface area contributed by atoms with Crippen molar-refractivity contribution in [2.75, 3.05) is 0 Å². The molecule has 19 heavy (non-hydrogen) atoms. The molecule has 0 heterocycles. The smallest absolute Gasteiger partial charge is 0.307 e. The zero-order valence-electron chi connectivity index (χ0n) is 9.97. The lowest BCUT2D eigenvalue weighted by Crippen LogP contribution is -2.09. The third kappa shape index (κ3) is 3.20. The van der Waals surface area contributed by atoms with E-state index >= 15 is 0 Å². The van der Waals surface area contributed by atoms with Crippen LogP contribution in [-0.4, -0.2) is 16.9 Å². The fourth-order valence-corrected chi connectivity index (χ4v) is 1.94. The van der Waals surface area contributed by atoms with E-state index in [1.807, 2.05) is 0 Å². The van der Waals surface area contributed by atoms with Crippen LogP contribution in [0.3, 0.4) is 0 Å². The van der Waals surface area contributed by atoms with E-state index < -0.39 is 5.97 Å². The number of carbonyl (C=O) groups excluding carboxylic acids is 1. The van der Waals surface area contributed by atoms with Crippen molar-refractivity contribution >= 4 is 23.4 Å². The molecule has 0 aliphatic carbocycles. The minimum Gasteiger partial charge on any atom is -0.481 e. The molecule has 2 aromatic carbocycles. The summed E-state index contributed by atoms with van der Waals surface area (Å²) < 4.78 is 0. The van der Waals surface area contributed by atoms with Crippen molar-refractivity contribution in [3.05, 3.63) is 70.2 Å². The van der Waals surface area contributed by atoms with Gasteiger partial charge in [-0.1, -0.05) is 35.9 Å². The Morgan fingerprint density at radius 2 is 1.63 bits per heavy atom. The van der Waals surface area contributed by atoms with Crippen molar-refractivity contribution in [1.82, 2.24) is 0 Å². The van der Waals surface area contributed by atoms with Gasteiger partial charge in [0.2, 0.25) is 0 Å². The molecular formula is C15H11ClO3. The molecule has 0 aliphatic rings. The molecule has 0 radical (unpaired) electrons. The van der Waals surface area contributed by atoms with Crippen LogP contribution in [0, 0.1) is 0 Å². The zero-order chi connectivity index (χ0) is 13.8. The Morgan fingerprint density at radius 1 is 1.00 bits per heavy atom. The highest BCUT2D eigenvalue weighted by molar-refractivity contribution is 6.30. The van der Waals surface area contributed by atoms with E-state index in [1.54, 1.807) is 48.5 Å². The zero-order valence-corrected chi connectivity index (χ0v) is 10.7. The number of hydrogen-bond donors (Lipinski definition) is 1. The molecule has 0 unspecified atom stereocenters. The predicted octanol–water partition coefficient (Wildman–Crippen LogP) is 3.20. The van der Waals surface area contributed by atoms with Crippen molar-refractivity contribution in [2.45, 2.75) is 6.42 Å². The van der Waals surface area contributed by atoms with Gasteiger partial charge in [-0.05, 0) is 29.8 Å². The molecule has 0 atom stereocenters. The number of carboxylic acids is 1. The fraction of sp³-hybridized carbons (Fsp3) is 0.0667. The lowest BCUT2D eigenvalue weighted by atomic mass is 9.97. The highest BCUT2D eigenvalue weighted by Gasteiger charge is 2.14. The van der Waals surface area contributed by atoms with Crippen molar-refractivity contribution in [2.24, 2.45) is 0 Å². The van der Waals surface area contributed by atoms with Crippen LogP contribution < -0.4 is 0 Å². The van der Waals surface area contributed by atoms with Crippen LogP contribution in [0.15, 0.2) is 48.5 Å². The summed E-state index contributed by atoms with van der Waals surface area (Å²) in [4.78, 5) is 23.1. The summed E-state index contributed by atoms with van der Waals surface area (Å²) in [5.41, 5.74) is 1.41. The summed E-state index contributed by atoms with van der Waals surface area (Å²) in [6, 6.07) is 13.2. The highest BCUT2D eigenvalue weighted by atomic mass is 35.5. The molecule has 0 amide bonds. The molecule has 2 aromatic rings. The van der Waals surface area contributed by atoms with Gasteiger partial charge < -0.3 is 5.11 Å². The van der Waals surface area contributed by atoms with Crippen LogP contribution in [0.4, 0.5) is 0 Å². The Kier molecular flexibility index (Phi) is 3.97. The standard InChI is InChI=1S/C15H11ClO3/c16-12-7-5-10(6-8-12)15(19)13-4-2-1-3-11(13)9-14(17)18/h1-8H,9H2,(H,17,18). The minimum absolute atomic E-state index is 0.171. The molecular weight excluding hydrogens is 264 g/mol. The summed E-state index contributed by atoms with van der Waals surface area (Å²) in [5, 5.41) is 9.40. The van der Waals surface area contributed by atoms with Gasteiger partial charge in [0, 0.05) is 16.1 Å². The molecule has 0 bridgehead atoms. The number of aliphatic carboxylic acids is 1. The van der Waals surface area contributed by atoms with Crippen LogP contribution in [-0.2, 0) is 11.2 Å². The van der Waals surface area contributed by atoms with Crippen molar-refractivity contribution in [1.29, 1.82) is 0 Å². The Bertz CT molecular complexity index is 618. The maximum atomic E-state index is 12.3. The van der Waals surface area contributed by atoms with Gasteiger partial charge in [0.15, 0.2) is 5.78 Å². The van der Waals surface area contributed by atoms with Gasteiger partial charge >= 0.3 is 5.97 Å². The predicted molar refractivity (Wildman–Crippen MR) is 72.7 cm³/mol. The normalized spacial score (nSPS) is 10.2. The summed E-state index contributed by atoms with van der Waals surface area (Å²) in [5.74, 6) is -1.16. The lowest BCUT2D eigenvalue weighted by Gasteiger charge is -2.06. The number of ketones is 1. The second-order valence-corrected chi connectivity index (χ2v) is 4.50. The monoisotopic (exact) mass is 274 g/mol. The van der Waals surface area contributed by atoms with Crippen LogP contribution >= 0.6 is 11.6 Å². The first-order valence-corrected chi connectivity index (χ1v) is 6.05. The van der Waals surface area contributed by atoms with E-state index in [1.165, 1.54) is 0 Å². The minimum atomic E-state index is -0.962. The largest absolute Gasteiger partial charge is 0.481 e. The molecule has 1 N–H and O–H groups in total. The quantitative estimate of drug-likeness (QED) is 0.871. The maximum absolute atomic E-state index is 12.3. The topological polar surface area (TPSA) is 54.4 Å². The third-order valence-corrected chi connectivity index (χ3v) is 2.96. The van der Waals surface area contributed by atoms with Gasteiger partial charge in [-0.25, -0.2) is 0 Å². The fourth-order valence-electron chi connectivity index (χ4n) is 1.82. The van der Waals surface area contributed by atoms with Crippen LogP contribution in [0.25, 0.3) is 0 Å². The first-order valence-electron chi connectivity index (χ1n) is 5.68. The van der Waals surface area contributed by atoms with Gasteiger partial charge in [0.05, 0.1) is 6.42 Å². The Balaban J connectivity index is 2.38. The van der Waals surface area contributed by atoms with E-state index in [-0.39, 0.29) is 12.2 Å². The van der Waals surface area contributed by atoms with Gasteiger partial charge in [0.25, 0.3) is 0 Å². The number of carboxylic acid groups (broad SMARTS) is 1. The van der Waals surface area contributed by atoms with Crippen molar-refractivity contribution in [3.8, 4) is 0 Å². The molecule has 0 aromatic heterocycles. The Hall–Kier alpha value is -2.13. The van der Waals surface area contributed by atoms with Crippen LogP contribution in [0.5, 0.6) is 0 Å². The molecule has 0 saturated carbocycles. The van der Waals surface area contributed by atoms with Gasteiger partial charge in [-0.15, -0.1) is 0 Å². The van der Waals surface area contributed by atoms with Gasteiger partial charge in [-0.2, -0.15) is 0 Å². The first kappa shape index (κ1) is 13.3. The highest BCUT2D eigenvalue weighted by Crippen LogP contribution is 2.17. The van der Waals surface area contributed by atoms with Crippen molar-refractivity contribution in [3.63, 3.8) is 0 Å². The summed E-state index contributed by atoms with van der Waals surface area (Å²) in [6.45, 7) is 0. The van der Waals surface area contributed by atoms with Gasteiger partial charge in [0.1, 0.15) is 0 Å². The SMILES string of the molecule is O=C(O)Cc1ccccc1C(=O)c1ccc(Cl)cc1. The number of benzene rings is 2. The molecule has 96 valence electrons. The molecule has 3 nitrogen and oxygen atoms in total. The van der Waals surface area contributed by atoms with E-state index in [9.17, 15) is 9.59 Å². The number of rotatable bonds is 4. The third-order valence-electron chi connectivity index (χ3n) is 2.71. The number of halogens is 1. The van der Waals surface area contributed by atoms with E-state index in [2.05, 4.69) is 0 Å². The number of carbonyl (C=O) groups is 2. The Morgan fingerprint density at radius 3 is 2.26 bits per heavy atom. The second-order valence-electron chi connectivity index (χ2n) is 4.06. The average molecular weight is 275 g/mol. The molecule has 4 heteroatoms. The van der Waals surface area contributed by atoms with E-state index in [0.29, 0.717) is 21.7 Å². The summed E-state index contributed by atoms with van der Waals surface area (Å²) in [7, 11) is 0. The molecule has 0 fully saturated rings. The van der Waals surface area contributed by atoms with E-state index in [4.69, 9.17) is 16.7 Å². The molecule has 2 rings (SSSR count). The molecule has 0 aliphatic heterocycles. The van der Waals surface area contributed by atoms with Crippen molar-refractivity contribution < 1.29 is 14.7 Å². The Labute approximate surface area is 115 Å². The first-order chi connectivity index (χ1) is 9.08. The summed E-state index contributed by atoms with van der Waals surface area (Å²) >= 11 is 5.77. The van der Waals surface area contributed by atoms with Crippen LogP contribution in [0.1, 0.15) is 21.5 Å². The lowest BCUT2D eigenvalue weighted by molar-refractivity contribution is -0.136. The second kappa shape index (κ2) is 5.67. The van der Waals surface area contributed by atoms with E-state index in [0.717, 1.165) is 0 Å². The average Bonchev–Trinajstić information content (AvgIpc) is 2.39. The summed E-state index contributed by atoms with van der Waals surface area (Å²) in [6.07, 6.45) is -0.171. The maximum Gasteiger partial charge on any atom is 0.307 e. The van der Waals surface area contributed by atoms with Crippen LogP contribution in [0.2, 0.25) is 5.02 Å².